The molecule has 0 spiro atoms. The zero-order valence-corrected chi connectivity index (χ0v) is 13.0. The average Bonchev–Trinajstić information content (AvgIpc) is 2.46. The highest BCUT2D eigenvalue weighted by molar-refractivity contribution is 5.43. The Balaban J connectivity index is 2.93. The molecule has 0 aliphatic heterocycles. The van der Waals surface area contributed by atoms with Crippen molar-refractivity contribution >= 4 is 0 Å². The van der Waals surface area contributed by atoms with Crippen LogP contribution in [0.3, 0.4) is 0 Å². The van der Waals surface area contributed by atoms with Crippen LogP contribution in [-0.4, -0.2) is 25.8 Å². The van der Waals surface area contributed by atoms with E-state index < -0.39 is 5.54 Å². The molecule has 110 valence electrons. The number of rotatable bonds is 7. The molecule has 2 unspecified atom stereocenters. The van der Waals surface area contributed by atoms with Crippen LogP contribution < -0.4 is 14.8 Å². The van der Waals surface area contributed by atoms with Gasteiger partial charge in [-0.2, -0.15) is 5.26 Å². The lowest BCUT2D eigenvalue weighted by Crippen LogP contribution is -2.47. The summed E-state index contributed by atoms with van der Waals surface area (Å²) in [5.74, 6) is 1.39. The summed E-state index contributed by atoms with van der Waals surface area (Å²) in [6.45, 7) is 6.12. The van der Waals surface area contributed by atoms with Crippen molar-refractivity contribution < 1.29 is 9.47 Å². The third kappa shape index (κ3) is 4.14. The summed E-state index contributed by atoms with van der Waals surface area (Å²) < 4.78 is 10.5. The smallest absolute Gasteiger partial charge is 0.160 e. The van der Waals surface area contributed by atoms with Gasteiger partial charge in [-0.3, -0.25) is 5.32 Å². The lowest BCUT2D eigenvalue weighted by Gasteiger charge is -2.27. The number of methoxy groups -OCH3 is 2. The number of nitriles is 1. The fourth-order valence-corrected chi connectivity index (χ4v) is 2.17. The molecule has 1 N–H and O–H groups in total. The highest BCUT2D eigenvalue weighted by Gasteiger charge is 2.26. The van der Waals surface area contributed by atoms with Crippen molar-refractivity contribution in [2.24, 2.45) is 0 Å². The van der Waals surface area contributed by atoms with Crippen molar-refractivity contribution in [3.8, 4) is 17.6 Å². The van der Waals surface area contributed by atoms with Gasteiger partial charge in [-0.25, -0.2) is 0 Å². The van der Waals surface area contributed by atoms with Gasteiger partial charge in [0.25, 0.3) is 0 Å². The molecule has 1 aromatic rings. The van der Waals surface area contributed by atoms with E-state index in [1.54, 1.807) is 14.2 Å². The highest BCUT2D eigenvalue weighted by atomic mass is 16.5. The molecule has 2 atom stereocenters. The molecule has 0 bridgehead atoms. The number of hydrogen-bond acceptors (Lipinski definition) is 4. The molecule has 0 amide bonds. The molecule has 0 radical (unpaired) electrons. The van der Waals surface area contributed by atoms with E-state index in [0.717, 1.165) is 12.0 Å². The van der Waals surface area contributed by atoms with Gasteiger partial charge in [0.15, 0.2) is 11.5 Å². The Labute approximate surface area is 121 Å². The van der Waals surface area contributed by atoms with Crippen molar-refractivity contribution in [3.63, 3.8) is 0 Å². The molecule has 0 saturated carbocycles. The number of hydrogen-bond donors (Lipinski definition) is 1. The van der Waals surface area contributed by atoms with Crippen molar-refractivity contribution in [1.82, 2.24) is 5.32 Å². The molecule has 20 heavy (non-hydrogen) atoms. The van der Waals surface area contributed by atoms with Crippen LogP contribution in [0.4, 0.5) is 0 Å². The Hall–Kier alpha value is -1.73. The zero-order chi connectivity index (χ0) is 15.2. The van der Waals surface area contributed by atoms with E-state index in [0.29, 0.717) is 24.0 Å². The topological polar surface area (TPSA) is 54.3 Å². The van der Waals surface area contributed by atoms with Crippen LogP contribution in [0.1, 0.15) is 32.8 Å². The molecule has 0 aliphatic rings. The van der Waals surface area contributed by atoms with E-state index in [9.17, 15) is 5.26 Å². The summed E-state index contributed by atoms with van der Waals surface area (Å²) >= 11 is 0. The van der Waals surface area contributed by atoms with Gasteiger partial charge >= 0.3 is 0 Å². The minimum Gasteiger partial charge on any atom is -0.493 e. The summed E-state index contributed by atoms with van der Waals surface area (Å²) in [4.78, 5) is 0. The molecule has 0 aromatic heterocycles. The van der Waals surface area contributed by atoms with Gasteiger partial charge in [0, 0.05) is 12.5 Å². The van der Waals surface area contributed by atoms with E-state index in [2.05, 4.69) is 25.2 Å². The van der Waals surface area contributed by atoms with Gasteiger partial charge in [0.2, 0.25) is 0 Å². The van der Waals surface area contributed by atoms with Gasteiger partial charge < -0.3 is 9.47 Å². The van der Waals surface area contributed by atoms with Crippen LogP contribution in [0.15, 0.2) is 18.2 Å². The summed E-state index contributed by atoms with van der Waals surface area (Å²) in [6.07, 6.45) is 1.61. The van der Waals surface area contributed by atoms with Crippen molar-refractivity contribution in [2.75, 3.05) is 14.2 Å². The maximum absolute atomic E-state index is 9.45. The summed E-state index contributed by atoms with van der Waals surface area (Å²) in [7, 11) is 3.23. The monoisotopic (exact) mass is 276 g/mol. The second-order valence-electron chi connectivity index (χ2n) is 5.26. The van der Waals surface area contributed by atoms with Crippen LogP contribution in [0.2, 0.25) is 0 Å². The normalized spacial score (nSPS) is 15.0. The highest BCUT2D eigenvalue weighted by Crippen LogP contribution is 2.29. The Morgan fingerprint density at radius 1 is 1.30 bits per heavy atom. The van der Waals surface area contributed by atoms with Crippen LogP contribution in [0, 0.1) is 11.3 Å². The number of benzene rings is 1. The molecule has 4 heteroatoms. The van der Waals surface area contributed by atoms with Crippen molar-refractivity contribution in [3.05, 3.63) is 23.8 Å². The minimum absolute atomic E-state index is 0.305. The van der Waals surface area contributed by atoms with Crippen LogP contribution >= 0.6 is 0 Å². The Kier molecular flexibility index (Phi) is 5.84. The Morgan fingerprint density at radius 2 is 1.95 bits per heavy atom. The first kappa shape index (κ1) is 16.3. The number of ether oxygens (including phenoxy) is 2. The molecule has 0 fully saturated rings. The molecule has 0 heterocycles. The SMILES string of the molecule is CCC(C)NC(C)(C#N)Cc1ccc(OC)c(OC)c1. The summed E-state index contributed by atoms with van der Waals surface area (Å²) in [6, 6.07) is 8.44. The van der Waals surface area contributed by atoms with E-state index in [1.807, 2.05) is 25.1 Å². The van der Waals surface area contributed by atoms with E-state index in [1.165, 1.54) is 0 Å². The third-order valence-electron chi connectivity index (χ3n) is 3.43. The van der Waals surface area contributed by atoms with Crippen molar-refractivity contribution in [1.29, 1.82) is 5.26 Å². The third-order valence-corrected chi connectivity index (χ3v) is 3.43. The molecular formula is C16H24N2O2. The van der Waals surface area contributed by atoms with Gasteiger partial charge in [-0.05, 0) is 38.0 Å². The standard InChI is InChI=1S/C16H24N2O2/c1-6-12(2)18-16(3,11-17)10-13-7-8-14(19-4)15(9-13)20-5/h7-9,12,18H,6,10H2,1-5H3. The molecular weight excluding hydrogens is 252 g/mol. The maximum atomic E-state index is 9.45. The van der Waals surface area contributed by atoms with Crippen molar-refractivity contribution in [2.45, 2.75) is 45.2 Å². The lowest BCUT2D eigenvalue weighted by atomic mass is 9.93. The Bertz CT molecular complexity index is 482. The summed E-state index contributed by atoms with van der Waals surface area (Å²) in [5, 5.41) is 12.8. The van der Waals surface area contributed by atoms with Crippen LogP contribution in [0.5, 0.6) is 11.5 Å². The molecule has 4 nitrogen and oxygen atoms in total. The molecule has 1 aromatic carbocycles. The predicted octanol–water partition coefficient (Wildman–Crippen LogP) is 2.92. The first-order chi connectivity index (χ1) is 9.47. The van der Waals surface area contributed by atoms with E-state index in [4.69, 9.17) is 9.47 Å². The van der Waals surface area contributed by atoms with E-state index >= 15 is 0 Å². The molecule has 1 rings (SSSR count). The number of nitrogens with one attached hydrogen (secondary N) is 1. The van der Waals surface area contributed by atoms with Gasteiger partial charge in [-0.1, -0.05) is 13.0 Å². The molecule has 0 aliphatic carbocycles. The number of nitrogens with zero attached hydrogens (tertiary/aromatic N) is 1. The van der Waals surface area contributed by atoms with Gasteiger partial charge in [0.1, 0.15) is 5.54 Å². The second-order valence-corrected chi connectivity index (χ2v) is 5.26. The average molecular weight is 276 g/mol. The van der Waals surface area contributed by atoms with Gasteiger partial charge in [0.05, 0.1) is 20.3 Å². The van der Waals surface area contributed by atoms with Crippen LogP contribution in [0.25, 0.3) is 0 Å². The summed E-state index contributed by atoms with van der Waals surface area (Å²) in [5.41, 5.74) is 0.456. The molecule has 0 saturated heterocycles. The fourth-order valence-electron chi connectivity index (χ4n) is 2.17. The predicted molar refractivity (Wildman–Crippen MR) is 80.2 cm³/mol. The zero-order valence-electron chi connectivity index (χ0n) is 13.0. The second kappa shape index (κ2) is 7.16. The minimum atomic E-state index is -0.588. The van der Waals surface area contributed by atoms with Crippen LogP contribution in [-0.2, 0) is 6.42 Å². The first-order valence-electron chi connectivity index (χ1n) is 6.87. The van der Waals surface area contributed by atoms with Gasteiger partial charge in [-0.15, -0.1) is 0 Å². The lowest BCUT2D eigenvalue weighted by molar-refractivity contribution is 0.352. The Morgan fingerprint density at radius 3 is 2.45 bits per heavy atom. The van der Waals surface area contributed by atoms with E-state index in [-0.39, 0.29) is 0 Å². The first-order valence-corrected chi connectivity index (χ1v) is 6.87. The largest absolute Gasteiger partial charge is 0.493 e. The quantitative estimate of drug-likeness (QED) is 0.832. The maximum Gasteiger partial charge on any atom is 0.160 e. The fraction of sp³-hybridized carbons (Fsp3) is 0.562.